The van der Waals surface area contributed by atoms with Gasteiger partial charge in [0.15, 0.2) is 5.16 Å². The van der Waals surface area contributed by atoms with Crippen molar-refractivity contribution in [1.82, 2.24) is 9.97 Å². The number of hydrogen-bond donors (Lipinski definition) is 2. The second-order valence-corrected chi connectivity index (χ2v) is 9.83. The van der Waals surface area contributed by atoms with Gasteiger partial charge in [-0.2, -0.15) is 0 Å². The Morgan fingerprint density at radius 1 is 1.36 bits per heavy atom. The van der Waals surface area contributed by atoms with E-state index in [1.165, 1.54) is 10.4 Å². The zero-order chi connectivity index (χ0) is 18.2. The monoisotopic (exact) mass is 381 g/mol. The van der Waals surface area contributed by atoms with Crippen molar-refractivity contribution in [3.05, 3.63) is 10.4 Å². The van der Waals surface area contributed by atoms with Crippen molar-refractivity contribution in [3.8, 4) is 0 Å². The summed E-state index contributed by atoms with van der Waals surface area (Å²) >= 11 is 3.37. The number of thioether (sulfide) groups is 1. The van der Waals surface area contributed by atoms with Gasteiger partial charge in [-0.15, -0.1) is 11.3 Å². The number of thiophene rings is 1. The highest BCUT2D eigenvalue weighted by molar-refractivity contribution is 7.99. The second-order valence-electron chi connectivity index (χ2n) is 7.20. The Hall–Kier alpha value is -0.890. The molecule has 2 N–H and O–H groups in total. The first-order chi connectivity index (χ1) is 11.8. The van der Waals surface area contributed by atoms with E-state index >= 15 is 0 Å². The van der Waals surface area contributed by atoms with Crippen LogP contribution in [-0.4, -0.2) is 38.6 Å². The molecule has 2 aromatic rings. The second kappa shape index (κ2) is 7.39. The summed E-state index contributed by atoms with van der Waals surface area (Å²) in [5.41, 5.74) is 1.18. The summed E-state index contributed by atoms with van der Waals surface area (Å²) in [5, 5.41) is 15.3. The molecule has 138 valence electrons. The van der Waals surface area contributed by atoms with Crippen LogP contribution in [0.5, 0.6) is 0 Å². The molecule has 3 heterocycles. The Kier molecular flexibility index (Phi) is 5.58. The lowest BCUT2D eigenvalue weighted by molar-refractivity contribution is -0.0542. The molecular formula is C18H27N3O2S2. The number of aromatic nitrogens is 2. The average Bonchev–Trinajstić information content (AvgIpc) is 2.89. The number of fused-ring (bicyclic) bond motifs is 3. The lowest BCUT2D eigenvalue weighted by atomic mass is 9.90. The van der Waals surface area contributed by atoms with E-state index in [0.29, 0.717) is 18.4 Å². The molecule has 7 heteroatoms. The van der Waals surface area contributed by atoms with Gasteiger partial charge in [0.05, 0.1) is 23.7 Å². The topological polar surface area (TPSA) is 67.3 Å². The van der Waals surface area contributed by atoms with Gasteiger partial charge in [-0.1, -0.05) is 32.5 Å². The van der Waals surface area contributed by atoms with E-state index < -0.39 is 6.10 Å². The molecule has 0 unspecified atom stereocenters. The summed E-state index contributed by atoms with van der Waals surface area (Å²) in [5.74, 6) is 0.840. The van der Waals surface area contributed by atoms with Gasteiger partial charge in [-0.3, -0.25) is 0 Å². The van der Waals surface area contributed by atoms with Crippen molar-refractivity contribution in [2.45, 2.75) is 76.2 Å². The molecule has 2 atom stereocenters. The Morgan fingerprint density at radius 3 is 2.76 bits per heavy atom. The number of nitrogens with one attached hydrogen (secondary N) is 1. The molecule has 3 rings (SSSR count). The predicted octanol–water partition coefficient (Wildman–Crippen LogP) is 4.23. The van der Waals surface area contributed by atoms with Crippen LogP contribution in [0.1, 0.15) is 51.5 Å². The summed E-state index contributed by atoms with van der Waals surface area (Å²) in [6.07, 6.45) is 1.43. The van der Waals surface area contributed by atoms with Gasteiger partial charge in [-0.05, 0) is 25.8 Å². The normalized spacial score (nSPS) is 21.6. The number of aliphatic hydroxyl groups excluding tert-OH is 1. The van der Waals surface area contributed by atoms with E-state index in [4.69, 9.17) is 14.7 Å². The fourth-order valence-corrected chi connectivity index (χ4v) is 4.79. The smallest absolute Gasteiger partial charge is 0.191 e. The van der Waals surface area contributed by atoms with Crippen LogP contribution in [0.2, 0.25) is 0 Å². The van der Waals surface area contributed by atoms with Crippen LogP contribution in [0.3, 0.4) is 0 Å². The van der Waals surface area contributed by atoms with Crippen molar-refractivity contribution in [2.24, 2.45) is 0 Å². The third-order valence-corrected chi connectivity index (χ3v) is 6.43. The van der Waals surface area contributed by atoms with Crippen molar-refractivity contribution in [3.63, 3.8) is 0 Å². The zero-order valence-electron chi connectivity index (χ0n) is 15.5. The molecule has 0 fully saturated rings. The van der Waals surface area contributed by atoms with E-state index in [1.54, 1.807) is 30.0 Å². The van der Waals surface area contributed by atoms with Crippen LogP contribution in [0.4, 0.5) is 5.82 Å². The maximum absolute atomic E-state index is 9.68. The van der Waals surface area contributed by atoms with Crippen molar-refractivity contribution >= 4 is 39.1 Å². The van der Waals surface area contributed by atoms with Crippen LogP contribution >= 0.6 is 23.1 Å². The lowest BCUT2D eigenvalue weighted by Crippen LogP contribution is -2.34. The fourth-order valence-electron chi connectivity index (χ4n) is 2.92. The highest BCUT2D eigenvalue weighted by Crippen LogP contribution is 2.42. The molecule has 0 aliphatic carbocycles. The fraction of sp³-hybridized carbons (Fsp3) is 0.667. The highest BCUT2D eigenvalue weighted by atomic mass is 32.2. The number of rotatable bonds is 6. The van der Waals surface area contributed by atoms with Crippen LogP contribution < -0.4 is 5.32 Å². The van der Waals surface area contributed by atoms with Crippen molar-refractivity contribution < 1.29 is 9.84 Å². The van der Waals surface area contributed by atoms with Crippen LogP contribution in [0, 0.1) is 0 Å². The Labute approximate surface area is 157 Å². The molecule has 1 aliphatic heterocycles. The van der Waals surface area contributed by atoms with Gasteiger partial charge in [0.1, 0.15) is 10.6 Å². The molecular weight excluding hydrogens is 354 g/mol. The standard InChI is InChI=1S/C18H27N3O2S2/c1-6-18(5)7-12-13(9-23-18)25-16-14(12)15(19-8-11(4)22)20-17(21-16)24-10(2)3/h10-11,22H,6-9H2,1-5H3,(H,19,20,21)/t11-,18-/m0/s1. The van der Waals surface area contributed by atoms with Crippen molar-refractivity contribution in [2.75, 3.05) is 11.9 Å². The zero-order valence-corrected chi connectivity index (χ0v) is 17.2. The molecule has 0 radical (unpaired) electrons. The summed E-state index contributed by atoms with van der Waals surface area (Å²) in [7, 11) is 0. The predicted molar refractivity (Wildman–Crippen MR) is 106 cm³/mol. The molecule has 25 heavy (non-hydrogen) atoms. The molecule has 1 aliphatic rings. The Bertz CT molecular complexity index is 760. The molecule has 0 saturated carbocycles. The van der Waals surface area contributed by atoms with E-state index in [2.05, 4.69) is 33.0 Å². The molecule has 0 amide bonds. The number of aliphatic hydroxyl groups is 1. The Morgan fingerprint density at radius 2 is 2.12 bits per heavy atom. The van der Waals surface area contributed by atoms with Crippen molar-refractivity contribution in [1.29, 1.82) is 0 Å². The molecule has 0 spiro atoms. The first-order valence-electron chi connectivity index (χ1n) is 8.86. The first-order valence-corrected chi connectivity index (χ1v) is 10.6. The number of anilines is 1. The van der Waals surface area contributed by atoms with E-state index in [9.17, 15) is 5.11 Å². The third kappa shape index (κ3) is 4.10. The van der Waals surface area contributed by atoms with E-state index in [0.717, 1.165) is 34.0 Å². The summed E-state index contributed by atoms with van der Waals surface area (Å²) < 4.78 is 6.10. The lowest BCUT2D eigenvalue weighted by Gasteiger charge is -2.33. The number of nitrogens with zero attached hydrogens (tertiary/aromatic N) is 2. The number of ether oxygens (including phenoxy) is 1. The maximum Gasteiger partial charge on any atom is 0.191 e. The molecule has 0 aromatic carbocycles. The molecule has 0 saturated heterocycles. The first kappa shape index (κ1) is 18.9. The van der Waals surface area contributed by atoms with Gasteiger partial charge in [-0.25, -0.2) is 9.97 Å². The van der Waals surface area contributed by atoms with Gasteiger partial charge in [0, 0.05) is 23.1 Å². The quantitative estimate of drug-likeness (QED) is 0.577. The van der Waals surface area contributed by atoms with Gasteiger partial charge in [0.2, 0.25) is 0 Å². The highest BCUT2D eigenvalue weighted by Gasteiger charge is 2.33. The van der Waals surface area contributed by atoms with E-state index in [-0.39, 0.29) is 5.60 Å². The minimum atomic E-state index is -0.426. The van der Waals surface area contributed by atoms with Crippen LogP contribution in [0.15, 0.2) is 5.16 Å². The third-order valence-electron chi connectivity index (χ3n) is 4.47. The van der Waals surface area contributed by atoms with E-state index in [1.807, 2.05) is 0 Å². The molecule has 0 bridgehead atoms. The van der Waals surface area contributed by atoms with Crippen LogP contribution in [-0.2, 0) is 17.8 Å². The number of hydrogen-bond acceptors (Lipinski definition) is 7. The minimum absolute atomic E-state index is 0.131. The summed E-state index contributed by atoms with van der Waals surface area (Å²) in [6, 6.07) is 0. The Balaban J connectivity index is 2.09. The summed E-state index contributed by atoms with van der Waals surface area (Å²) in [4.78, 5) is 11.8. The molecule has 5 nitrogen and oxygen atoms in total. The van der Waals surface area contributed by atoms with Gasteiger partial charge in [0.25, 0.3) is 0 Å². The SMILES string of the molecule is CC[C@@]1(C)Cc2c(sc3nc(SC(C)C)nc(NC[C@H](C)O)c23)CO1. The minimum Gasteiger partial charge on any atom is -0.392 e. The maximum atomic E-state index is 9.68. The van der Waals surface area contributed by atoms with Gasteiger partial charge >= 0.3 is 0 Å². The van der Waals surface area contributed by atoms with Gasteiger partial charge < -0.3 is 15.2 Å². The largest absolute Gasteiger partial charge is 0.392 e. The summed E-state index contributed by atoms with van der Waals surface area (Å²) in [6.45, 7) is 11.5. The molecule has 2 aromatic heterocycles. The van der Waals surface area contributed by atoms with Crippen LogP contribution in [0.25, 0.3) is 10.2 Å². The average molecular weight is 382 g/mol.